The minimum Gasteiger partial charge on any atom is -0.342 e. The van der Waals surface area contributed by atoms with Crippen LogP contribution in [-0.4, -0.2) is 15.5 Å². The van der Waals surface area contributed by atoms with Crippen molar-refractivity contribution in [1.82, 2.24) is 14.9 Å². The van der Waals surface area contributed by atoms with Crippen molar-refractivity contribution in [3.63, 3.8) is 0 Å². The van der Waals surface area contributed by atoms with E-state index in [4.69, 9.17) is 0 Å². The molecule has 1 N–H and O–H groups in total. The maximum absolute atomic E-state index is 12.3. The van der Waals surface area contributed by atoms with Crippen LogP contribution in [0.5, 0.6) is 0 Å². The summed E-state index contributed by atoms with van der Waals surface area (Å²) in [4.78, 5) is 16.5. The Bertz CT molecular complexity index is 550. The van der Waals surface area contributed by atoms with Crippen LogP contribution in [0.4, 0.5) is 0 Å². The van der Waals surface area contributed by atoms with Gasteiger partial charge in [0.1, 0.15) is 10.7 Å². The molecule has 0 radical (unpaired) electrons. The Balaban J connectivity index is 2.11. The fourth-order valence-corrected chi connectivity index (χ4v) is 2.98. The van der Waals surface area contributed by atoms with Gasteiger partial charge in [0.25, 0.3) is 5.91 Å². The maximum atomic E-state index is 12.3. The van der Waals surface area contributed by atoms with Crippen LogP contribution in [0.3, 0.4) is 0 Å². The highest BCUT2D eigenvalue weighted by molar-refractivity contribution is 9.10. The van der Waals surface area contributed by atoms with E-state index in [1.54, 1.807) is 17.5 Å². The molecule has 0 bridgehead atoms. The molecule has 2 rings (SSSR count). The molecule has 102 valence electrons. The third-order valence-electron chi connectivity index (χ3n) is 2.73. The molecule has 0 spiro atoms. The number of carbonyl (C=O) groups excluding carboxylic acids is 1. The van der Waals surface area contributed by atoms with E-state index >= 15 is 0 Å². The first kappa shape index (κ1) is 14.3. The SMILES string of the molecule is CCCn1cc(Br)cc1C(=O)NC(C)c1nccs1. The molecule has 4 nitrogen and oxygen atoms in total. The average Bonchev–Trinajstić information content (AvgIpc) is 2.99. The first-order chi connectivity index (χ1) is 9.11. The number of hydrogen-bond acceptors (Lipinski definition) is 3. The van der Waals surface area contributed by atoms with E-state index in [0.29, 0.717) is 5.69 Å². The van der Waals surface area contributed by atoms with Crippen LogP contribution < -0.4 is 5.32 Å². The van der Waals surface area contributed by atoms with E-state index < -0.39 is 0 Å². The van der Waals surface area contributed by atoms with E-state index in [1.165, 1.54) is 0 Å². The Labute approximate surface area is 125 Å². The van der Waals surface area contributed by atoms with Crippen molar-refractivity contribution in [2.45, 2.75) is 32.9 Å². The molecule has 0 aliphatic carbocycles. The van der Waals surface area contributed by atoms with Gasteiger partial charge < -0.3 is 9.88 Å². The molecule has 1 atom stereocenters. The Morgan fingerprint density at radius 1 is 1.63 bits per heavy atom. The molecule has 0 fully saturated rings. The Kier molecular flexibility index (Phi) is 4.76. The molecule has 1 amide bonds. The number of carbonyl (C=O) groups is 1. The second-order valence-corrected chi connectivity index (χ2v) is 6.14. The van der Waals surface area contributed by atoms with Crippen LogP contribution in [0.1, 0.15) is 41.8 Å². The van der Waals surface area contributed by atoms with Crippen LogP contribution in [-0.2, 0) is 6.54 Å². The van der Waals surface area contributed by atoms with Gasteiger partial charge in [-0.15, -0.1) is 11.3 Å². The van der Waals surface area contributed by atoms with E-state index in [1.807, 2.05) is 29.1 Å². The maximum Gasteiger partial charge on any atom is 0.268 e. The van der Waals surface area contributed by atoms with E-state index in [0.717, 1.165) is 22.4 Å². The number of aromatic nitrogens is 2. The summed E-state index contributed by atoms with van der Waals surface area (Å²) in [5.41, 5.74) is 0.678. The fourth-order valence-electron chi connectivity index (χ4n) is 1.87. The van der Waals surface area contributed by atoms with Crippen LogP contribution in [0.2, 0.25) is 0 Å². The summed E-state index contributed by atoms with van der Waals surface area (Å²) in [5.74, 6) is -0.0677. The van der Waals surface area contributed by atoms with E-state index in [-0.39, 0.29) is 11.9 Å². The molecular weight excluding hydrogens is 326 g/mol. The minimum atomic E-state index is -0.0729. The molecule has 1 unspecified atom stereocenters. The Morgan fingerprint density at radius 2 is 2.42 bits per heavy atom. The summed E-state index contributed by atoms with van der Waals surface area (Å²) in [5, 5.41) is 5.81. The molecule has 2 heterocycles. The Morgan fingerprint density at radius 3 is 3.05 bits per heavy atom. The van der Waals surface area contributed by atoms with Gasteiger partial charge >= 0.3 is 0 Å². The molecule has 0 aromatic carbocycles. The van der Waals surface area contributed by atoms with Gasteiger partial charge in [-0.2, -0.15) is 0 Å². The molecule has 0 saturated carbocycles. The van der Waals surface area contributed by atoms with Crippen LogP contribution >= 0.6 is 27.3 Å². The number of amides is 1. The zero-order chi connectivity index (χ0) is 13.8. The zero-order valence-corrected chi connectivity index (χ0v) is 13.3. The lowest BCUT2D eigenvalue weighted by molar-refractivity contribution is 0.0930. The van der Waals surface area contributed by atoms with Crippen molar-refractivity contribution in [3.05, 3.63) is 39.0 Å². The summed E-state index contributed by atoms with van der Waals surface area (Å²) >= 11 is 4.96. The second-order valence-electron chi connectivity index (χ2n) is 4.30. The van der Waals surface area contributed by atoms with Crippen molar-refractivity contribution in [2.24, 2.45) is 0 Å². The Hall–Kier alpha value is -1.14. The molecular formula is C13H16BrN3OS. The highest BCUT2D eigenvalue weighted by Gasteiger charge is 2.16. The quantitative estimate of drug-likeness (QED) is 0.902. The van der Waals surface area contributed by atoms with Gasteiger partial charge in [0.15, 0.2) is 0 Å². The normalized spacial score (nSPS) is 12.4. The number of aryl methyl sites for hydroxylation is 1. The predicted octanol–water partition coefficient (Wildman–Crippen LogP) is 3.61. The highest BCUT2D eigenvalue weighted by atomic mass is 79.9. The summed E-state index contributed by atoms with van der Waals surface area (Å²) in [6.07, 6.45) is 4.68. The molecule has 2 aromatic rings. The summed E-state index contributed by atoms with van der Waals surface area (Å²) in [6.45, 7) is 4.87. The van der Waals surface area contributed by atoms with Gasteiger partial charge in [-0.25, -0.2) is 4.98 Å². The number of hydrogen-bond donors (Lipinski definition) is 1. The number of nitrogens with one attached hydrogen (secondary N) is 1. The van der Waals surface area contributed by atoms with Crippen molar-refractivity contribution < 1.29 is 4.79 Å². The molecule has 2 aromatic heterocycles. The largest absolute Gasteiger partial charge is 0.342 e. The van der Waals surface area contributed by atoms with Crippen molar-refractivity contribution in [2.75, 3.05) is 0 Å². The lowest BCUT2D eigenvalue weighted by Crippen LogP contribution is -2.28. The molecule has 0 saturated heterocycles. The summed E-state index contributed by atoms with van der Waals surface area (Å²) < 4.78 is 2.89. The molecule has 0 aliphatic rings. The van der Waals surface area contributed by atoms with Crippen LogP contribution in [0, 0.1) is 0 Å². The van der Waals surface area contributed by atoms with E-state index in [9.17, 15) is 4.79 Å². The average molecular weight is 342 g/mol. The molecule has 6 heteroatoms. The summed E-state index contributed by atoms with van der Waals surface area (Å²) in [6, 6.07) is 1.77. The van der Waals surface area contributed by atoms with E-state index in [2.05, 4.69) is 33.2 Å². The number of nitrogens with zero attached hydrogens (tertiary/aromatic N) is 2. The number of halogens is 1. The first-order valence-corrected chi connectivity index (χ1v) is 7.85. The first-order valence-electron chi connectivity index (χ1n) is 6.17. The van der Waals surface area contributed by atoms with Gasteiger partial charge in [-0.1, -0.05) is 6.92 Å². The van der Waals surface area contributed by atoms with Crippen molar-refractivity contribution in [3.8, 4) is 0 Å². The smallest absolute Gasteiger partial charge is 0.268 e. The predicted molar refractivity (Wildman–Crippen MR) is 80.4 cm³/mol. The topological polar surface area (TPSA) is 46.9 Å². The van der Waals surface area contributed by atoms with Gasteiger partial charge in [-0.3, -0.25) is 4.79 Å². The van der Waals surface area contributed by atoms with Gasteiger partial charge in [0.05, 0.1) is 6.04 Å². The second kappa shape index (κ2) is 6.34. The lowest BCUT2D eigenvalue weighted by Gasteiger charge is -2.12. The lowest BCUT2D eigenvalue weighted by atomic mass is 10.3. The third-order valence-corrected chi connectivity index (χ3v) is 4.12. The zero-order valence-electron chi connectivity index (χ0n) is 10.9. The fraction of sp³-hybridized carbons (Fsp3) is 0.385. The van der Waals surface area contributed by atoms with Crippen molar-refractivity contribution >= 4 is 33.2 Å². The monoisotopic (exact) mass is 341 g/mol. The van der Waals surface area contributed by atoms with Crippen LogP contribution in [0.25, 0.3) is 0 Å². The van der Waals surface area contributed by atoms with Gasteiger partial charge in [-0.05, 0) is 35.3 Å². The number of thiazole rings is 1. The third kappa shape index (κ3) is 3.45. The van der Waals surface area contributed by atoms with Crippen molar-refractivity contribution in [1.29, 1.82) is 0 Å². The molecule has 0 aliphatic heterocycles. The van der Waals surface area contributed by atoms with Gasteiger partial charge in [0, 0.05) is 28.8 Å². The standard InChI is InChI=1S/C13H16BrN3OS/c1-3-5-17-8-10(14)7-11(17)12(18)16-9(2)13-15-4-6-19-13/h4,6-9H,3,5H2,1-2H3,(H,16,18). The molecule has 19 heavy (non-hydrogen) atoms. The summed E-state index contributed by atoms with van der Waals surface area (Å²) in [7, 11) is 0. The van der Waals surface area contributed by atoms with Gasteiger partial charge in [0.2, 0.25) is 0 Å². The highest BCUT2D eigenvalue weighted by Crippen LogP contribution is 2.18. The minimum absolute atomic E-state index is 0.0677. The van der Waals surface area contributed by atoms with Crippen LogP contribution in [0.15, 0.2) is 28.3 Å². The number of rotatable bonds is 5.